The van der Waals surface area contributed by atoms with Crippen molar-refractivity contribution in [1.82, 2.24) is 0 Å². The molecule has 6 nitrogen and oxygen atoms in total. The summed E-state index contributed by atoms with van der Waals surface area (Å²) in [5.41, 5.74) is 0. The third kappa shape index (κ3) is 111. The van der Waals surface area contributed by atoms with E-state index in [-0.39, 0.29) is 58.0 Å². The summed E-state index contributed by atoms with van der Waals surface area (Å²) in [5, 5.41) is 35.1. The molecule has 0 atom stereocenters. The van der Waals surface area contributed by atoms with Crippen LogP contribution in [0.25, 0.3) is 0 Å². The van der Waals surface area contributed by atoms with Crippen LogP contribution in [0.5, 0.6) is 0 Å². The standard InChI is InChI=1S/2C5H8O2.2C2H6O.Ti/c2*1-4(6)3-5(2)7;2*1-2-3;/h2*3,6H,1-2H3;2*3H,2H2,1H3;/q;;;;+2/p-2/b2*4-3-;;;. The largest absolute Gasteiger partial charge is 2.00 e. The van der Waals surface area contributed by atoms with E-state index >= 15 is 0 Å². The average molecular weight is 338 g/mol. The van der Waals surface area contributed by atoms with Gasteiger partial charge in [0.2, 0.25) is 0 Å². The number of ketones is 2. The van der Waals surface area contributed by atoms with Crippen molar-refractivity contribution in [2.45, 2.75) is 41.5 Å². The molecule has 0 aliphatic rings. The second-order valence-electron chi connectivity index (χ2n) is 3.36. The molecule has 7 heteroatoms. The first-order chi connectivity index (χ1) is 9.08. The molecule has 0 rings (SSSR count). The van der Waals surface area contributed by atoms with Gasteiger partial charge in [-0.15, -0.1) is 11.5 Å². The fraction of sp³-hybridized carbons (Fsp3) is 0.571. The molecule has 0 radical (unpaired) electrons. The number of hydrogen-bond donors (Lipinski definition) is 2. The van der Waals surface area contributed by atoms with Crippen LogP contribution in [0.1, 0.15) is 41.5 Å². The Labute approximate surface area is 142 Å². The predicted octanol–water partition coefficient (Wildman–Crippen LogP) is -0.326. The van der Waals surface area contributed by atoms with Crippen LogP contribution in [0.3, 0.4) is 0 Å². The van der Waals surface area contributed by atoms with E-state index in [0.717, 1.165) is 12.2 Å². The summed E-state index contributed by atoms with van der Waals surface area (Å²) in [6, 6.07) is 0. The van der Waals surface area contributed by atoms with Crippen LogP contribution in [-0.2, 0) is 31.3 Å². The number of allylic oxidation sites excluding steroid dienone is 4. The van der Waals surface area contributed by atoms with E-state index in [2.05, 4.69) is 0 Å². The average Bonchev–Trinajstić information content (AvgIpc) is 2.15. The monoisotopic (exact) mass is 338 g/mol. The van der Waals surface area contributed by atoms with Crippen molar-refractivity contribution in [3.8, 4) is 0 Å². The normalized spacial score (nSPS) is 9.33. The Morgan fingerprint density at radius 3 is 0.952 bits per heavy atom. The molecule has 0 saturated carbocycles. The Morgan fingerprint density at radius 2 is 0.952 bits per heavy atom. The van der Waals surface area contributed by atoms with Crippen molar-refractivity contribution >= 4 is 11.6 Å². The minimum Gasteiger partial charge on any atom is -0.876 e. The van der Waals surface area contributed by atoms with Gasteiger partial charge in [-0.25, -0.2) is 0 Å². The maximum atomic E-state index is 9.98. The quantitative estimate of drug-likeness (QED) is 0.404. The molecule has 0 aromatic carbocycles. The molecule has 0 aliphatic carbocycles. The maximum Gasteiger partial charge on any atom is 2.00 e. The van der Waals surface area contributed by atoms with Gasteiger partial charge in [-0.2, -0.15) is 0 Å². The molecule has 2 N–H and O–H groups in total. The molecule has 0 saturated heterocycles. The van der Waals surface area contributed by atoms with Crippen molar-refractivity contribution in [2.24, 2.45) is 0 Å². The zero-order valence-electron chi connectivity index (χ0n) is 13.6. The van der Waals surface area contributed by atoms with Gasteiger partial charge in [0.05, 0.1) is 0 Å². The smallest absolute Gasteiger partial charge is 0.876 e. The molecule has 0 spiro atoms. The number of hydrogen-bond acceptors (Lipinski definition) is 6. The Kier molecular flexibility index (Phi) is 41.9. The molecule has 0 aromatic heterocycles. The number of carbonyl (C=O) groups is 2. The first-order valence-corrected chi connectivity index (χ1v) is 6.02. The molecule has 0 amide bonds. The first-order valence-electron chi connectivity index (χ1n) is 6.02. The van der Waals surface area contributed by atoms with Crippen LogP contribution in [0.15, 0.2) is 23.7 Å². The number of rotatable bonds is 2. The molecule has 122 valence electrons. The maximum absolute atomic E-state index is 9.98. The number of aliphatic hydroxyl groups is 2. The summed E-state index contributed by atoms with van der Waals surface area (Å²) in [4.78, 5) is 20.0. The third-order valence-corrected chi connectivity index (χ3v) is 0.813. The van der Waals surface area contributed by atoms with Gasteiger partial charge in [0.1, 0.15) is 0 Å². The Morgan fingerprint density at radius 1 is 0.810 bits per heavy atom. The molecule has 21 heavy (non-hydrogen) atoms. The van der Waals surface area contributed by atoms with Gasteiger partial charge < -0.3 is 20.4 Å². The summed E-state index contributed by atoms with van der Waals surface area (Å²) in [7, 11) is 0. The van der Waals surface area contributed by atoms with E-state index < -0.39 is 0 Å². The van der Waals surface area contributed by atoms with Gasteiger partial charge in [0.15, 0.2) is 11.6 Å². The summed E-state index contributed by atoms with van der Waals surface area (Å²) in [6.45, 7) is 9.26. The van der Waals surface area contributed by atoms with E-state index in [0.29, 0.717) is 0 Å². The summed E-state index contributed by atoms with van der Waals surface area (Å²) >= 11 is 0. The van der Waals surface area contributed by atoms with Crippen molar-refractivity contribution in [3.63, 3.8) is 0 Å². The molecule has 0 unspecified atom stereocenters. The summed E-state index contributed by atoms with van der Waals surface area (Å²) < 4.78 is 0. The zero-order chi connectivity index (χ0) is 17.1. The van der Waals surface area contributed by atoms with Crippen LogP contribution in [-0.4, -0.2) is 35.0 Å². The van der Waals surface area contributed by atoms with Gasteiger partial charge in [-0.05, 0) is 39.8 Å². The van der Waals surface area contributed by atoms with Crippen molar-refractivity contribution in [1.29, 1.82) is 0 Å². The van der Waals surface area contributed by atoms with E-state index in [9.17, 15) is 19.8 Å². The second kappa shape index (κ2) is 27.4. The number of carbonyl (C=O) groups excluding carboxylic acids is 2. The van der Waals surface area contributed by atoms with E-state index in [1.54, 1.807) is 13.8 Å². The van der Waals surface area contributed by atoms with Crippen LogP contribution in [0.4, 0.5) is 0 Å². The Hall–Kier alpha value is -0.946. The molecule has 0 bridgehead atoms. The van der Waals surface area contributed by atoms with Crippen molar-refractivity contribution < 1.29 is 51.7 Å². The van der Waals surface area contributed by atoms with E-state index in [1.165, 1.54) is 27.7 Å². The number of aliphatic hydroxyl groups excluding tert-OH is 2. The first kappa shape index (κ1) is 32.1. The van der Waals surface area contributed by atoms with Crippen molar-refractivity contribution in [2.75, 3.05) is 13.2 Å². The van der Waals surface area contributed by atoms with Gasteiger partial charge in [-0.1, -0.05) is 13.8 Å². The van der Waals surface area contributed by atoms with Crippen LogP contribution < -0.4 is 10.2 Å². The molecular formula is C14H26O6Ti. The van der Waals surface area contributed by atoms with E-state index in [1.807, 2.05) is 0 Å². The molecule has 0 fully saturated rings. The summed E-state index contributed by atoms with van der Waals surface area (Å²) in [6.07, 6.45) is 2.11. The van der Waals surface area contributed by atoms with Gasteiger partial charge in [-0.3, -0.25) is 9.59 Å². The summed E-state index contributed by atoms with van der Waals surface area (Å²) in [5.74, 6) is -0.750. The molecule has 0 aromatic rings. The Balaban J connectivity index is -0.0000000576. The fourth-order valence-corrected chi connectivity index (χ4v) is 0.572. The zero-order valence-corrected chi connectivity index (χ0v) is 15.2. The fourth-order valence-electron chi connectivity index (χ4n) is 0.572. The topological polar surface area (TPSA) is 121 Å². The molecule has 0 aliphatic heterocycles. The van der Waals surface area contributed by atoms with Crippen LogP contribution in [0.2, 0.25) is 0 Å². The molecule has 0 heterocycles. The molecular weight excluding hydrogens is 312 g/mol. The van der Waals surface area contributed by atoms with Gasteiger partial charge in [0.25, 0.3) is 0 Å². The van der Waals surface area contributed by atoms with Crippen LogP contribution in [0, 0.1) is 0 Å². The van der Waals surface area contributed by atoms with Crippen molar-refractivity contribution in [3.05, 3.63) is 23.7 Å². The SMILES string of the molecule is CC(=O)/C=C(/C)[O-].CC(=O)/C=C(/C)[O-].CCO.CCO.[Ti+2]. The second-order valence-corrected chi connectivity index (χ2v) is 3.36. The Bertz CT molecular complexity index is 260. The van der Waals surface area contributed by atoms with Crippen LogP contribution >= 0.6 is 0 Å². The minimum atomic E-state index is -0.187. The predicted molar refractivity (Wildman–Crippen MR) is 74.4 cm³/mol. The minimum absolute atomic E-state index is 0. The van der Waals surface area contributed by atoms with E-state index in [4.69, 9.17) is 10.2 Å². The van der Waals surface area contributed by atoms with Gasteiger partial charge in [0, 0.05) is 13.2 Å². The van der Waals surface area contributed by atoms with Gasteiger partial charge >= 0.3 is 21.7 Å². The third-order valence-electron chi connectivity index (χ3n) is 0.813.